The second kappa shape index (κ2) is 3.86. The summed E-state index contributed by atoms with van der Waals surface area (Å²) in [7, 11) is 0. The molecule has 2 aliphatic heterocycles. The van der Waals surface area contributed by atoms with Gasteiger partial charge in [-0.25, -0.2) is 0 Å². The van der Waals surface area contributed by atoms with Gasteiger partial charge in [0, 0.05) is 36.6 Å². The number of carbonyl (C=O) groups excluding carboxylic acids is 1. The number of Topliss-reactive ketones (excluding diaryl/α,β-unsaturated/α-hetero) is 1. The van der Waals surface area contributed by atoms with Crippen molar-refractivity contribution in [2.24, 2.45) is 23.2 Å². The summed E-state index contributed by atoms with van der Waals surface area (Å²) in [4.78, 5) is 14.6. The van der Waals surface area contributed by atoms with Gasteiger partial charge < -0.3 is 15.1 Å². The third-order valence-corrected chi connectivity index (χ3v) is 6.55. The van der Waals surface area contributed by atoms with Crippen LogP contribution in [0.3, 0.4) is 0 Å². The van der Waals surface area contributed by atoms with Crippen molar-refractivity contribution in [2.45, 2.75) is 50.9 Å². The highest BCUT2D eigenvalue weighted by Crippen LogP contribution is 2.66. The topological polar surface area (TPSA) is 60.8 Å². The highest BCUT2D eigenvalue weighted by molar-refractivity contribution is 5.85. The van der Waals surface area contributed by atoms with Gasteiger partial charge in [-0.1, -0.05) is 13.0 Å². The van der Waals surface area contributed by atoms with Gasteiger partial charge in [-0.15, -0.1) is 0 Å². The summed E-state index contributed by atoms with van der Waals surface area (Å²) in [5.41, 5.74) is -1.40. The first kappa shape index (κ1) is 12.8. The molecule has 1 spiro atoms. The van der Waals surface area contributed by atoms with E-state index in [2.05, 4.69) is 11.0 Å². The molecule has 1 saturated heterocycles. The maximum atomic E-state index is 12.5. The minimum atomic E-state index is -0.946. The summed E-state index contributed by atoms with van der Waals surface area (Å²) in [5, 5.41) is 22.2. The average molecular weight is 277 g/mol. The zero-order valence-electron chi connectivity index (χ0n) is 12.0. The molecule has 3 fully saturated rings. The Morgan fingerprint density at radius 1 is 1.45 bits per heavy atom. The third kappa shape index (κ3) is 1.23. The van der Waals surface area contributed by atoms with Crippen molar-refractivity contribution in [1.82, 2.24) is 4.90 Å². The van der Waals surface area contributed by atoms with E-state index in [0.717, 1.165) is 25.8 Å². The predicted octanol–water partition coefficient (Wildman–Crippen LogP) is 1.28. The van der Waals surface area contributed by atoms with Crippen LogP contribution in [0.2, 0.25) is 0 Å². The van der Waals surface area contributed by atoms with Crippen LogP contribution in [0.4, 0.5) is 0 Å². The molecule has 4 rings (SSSR count). The van der Waals surface area contributed by atoms with E-state index < -0.39 is 17.2 Å². The van der Waals surface area contributed by atoms with Gasteiger partial charge in [0.2, 0.25) is 0 Å². The lowest BCUT2D eigenvalue weighted by Gasteiger charge is -2.61. The number of nitrogens with zero attached hydrogens (tertiary/aromatic N) is 1. The number of rotatable bonds is 0. The summed E-state index contributed by atoms with van der Waals surface area (Å²) in [6.45, 7) is 2.81. The normalized spacial score (nSPS) is 53.8. The van der Waals surface area contributed by atoms with Gasteiger partial charge in [-0.2, -0.15) is 0 Å². The lowest BCUT2D eigenvalue weighted by molar-refractivity contribution is -0.258. The Kier molecular flexibility index (Phi) is 2.48. The van der Waals surface area contributed by atoms with Crippen LogP contribution in [0.25, 0.3) is 0 Å². The van der Waals surface area contributed by atoms with Crippen LogP contribution >= 0.6 is 0 Å². The fourth-order valence-corrected chi connectivity index (χ4v) is 5.73. The summed E-state index contributed by atoms with van der Waals surface area (Å²) < 4.78 is 0. The Bertz CT molecular complexity index is 490. The number of aliphatic hydroxyl groups is 2. The number of ketones is 1. The molecule has 6 unspecified atom stereocenters. The van der Waals surface area contributed by atoms with Crippen LogP contribution in [-0.4, -0.2) is 39.3 Å². The second-order valence-electron chi connectivity index (χ2n) is 7.28. The zero-order chi connectivity index (χ0) is 14.1. The molecule has 2 bridgehead atoms. The van der Waals surface area contributed by atoms with E-state index in [4.69, 9.17) is 0 Å². The molecule has 6 atom stereocenters. The van der Waals surface area contributed by atoms with Crippen LogP contribution in [-0.2, 0) is 4.79 Å². The van der Waals surface area contributed by atoms with Crippen molar-refractivity contribution >= 4 is 5.78 Å². The average Bonchev–Trinajstić information content (AvgIpc) is 2.67. The summed E-state index contributed by atoms with van der Waals surface area (Å²) in [6, 6.07) is 0. The number of carbonyl (C=O) groups is 1. The minimum absolute atomic E-state index is 0.0387. The Balaban J connectivity index is 1.94. The van der Waals surface area contributed by atoms with E-state index >= 15 is 0 Å². The van der Waals surface area contributed by atoms with Gasteiger partial charge in [0.1, 0.15) is 11.5 Å². The zero-order valence-corrected chi connectivity index (χ0v) is 12.0. The first-order valence-corrected chi connectivity index (χ1v) is 7.87. The SMILES string of the molecule is CC1CC2(O)N3C=CCC24C(CCC3)C(=O)CC4C1O. The number of aliphatic hydroxyl groups excluding tert-OH is 1. The Morgan fingerprint density at radius 3 is 3.05 bits per heavy atom. The van der Waals surface area contributed by atoms with E-state index in [-0.39, 0.29) is 23.5 Å². The van der Waals surface area contributed by atoms with Gasteiger partial charge in [0.15, 0.2) is 0 Å². The first-order chi connectivity index (χ1) is 9.50. The maximum absolute atomic E-state index is 12.5. The van der Waals surface area contributed by atoms with E-state index in [1.807, 2.05) is 13.1 Å². The van der Waals surface area contributed by atoms with Crippen molar-refractivity contribution in [3.63, 3.8) is 0 Å². The highest BCUT2D eigenvalue weighted by atomic mass is 16.3. The molecule has 0 radical (unpaired) electrons. The fraction of sp³-hybridized carbons (Fsp3) is 0.812. The van der Waals surface area contributed by atoms with Crippen molar-refractivity contribution in [2.75, 3.05) is 6.54 Å². The summed E-state index contributed by atoms with van der Waals surface area (Å²) in [5.74, 6) is 0.143. The molecule has 2 aliphatic carbocycles. The minimum Gasteiger partial charge on any atom is -0.393 e. The maximum Gasteiger partial charge on any atom is 0.144 e. The smallest absolute Gasteiger partial charge is 0.144 e. The van der Waals surface area contributed by atoms with Crippen molar-refractivity contribution in [3.05, 3.63) is 12.3 Å². The van der Waals surface area contributed by atoms with Crippen LogP contribution in [0.15, 0.2) is 12.3 Å². The van der Waals surface area contributed by atoms with Crippen LogP contribution < -0.4 is 0 Å². The van der Waals surface area contributed by atoms with Crippen molar-refractivity contribution < 1.29 is 15.0 Å². The van der Waals surface area contributed by atoms with E-state index in [0.29, 0.717) is 12.8 Å². The molecule has 4 aliphatic rings. The molecule has 0 amide bonds. The first-order valence-electron chi connectivity index (χ1n) is 7.87. The predicted molar refractivity (Wildman–Crippen MR) is 73.5 cm³/mol. The van der Waals surface area contributed by atoms with E-state index in [9.17, 15) is 15.0 Å². The Hall–Kier alpha value is -0.870. The monoisotopic (exact) mass is 277 g/mol. The quantitative estimate of drug-likeness (QED) is 0.700. The molecular formula is C16H23NO3. The molecule has 0 aromatic heterocycles. The Labute approximate surface area is 119 Å². The lowest BCUT2D eigenvalue weighted by Crippen LogP contribution is -2.68. The molecule has 4 nitrogen and oxygen atoms in total. The van der Waals surface area contributed by atoms with Gasteiger partial charge in [-0.3, -0.25) is 4.79 Å². The van der Waals surface area contributed by atoms with Crippen LogP contribution in [0.5, 0.6) is 0 Å². The lowest BCUT2D eigenvalue weighted by atomic mass is 9.53. The van der Waals surface area contributed by atoms with Gasteiger partial charge >= 0.3 is 0 Å². The molecule has 20 heavy (non-hydrogen) atoms. The molecule has 2 N–H and O–H groups in total. The number of hydrogen-bond acceptors (Lipinski definition) is 4. The molecular weight excluding hydrogens is 254 g/mol. The molecule has 0 aromatic carbocycles. The second-order valence-corrected chi connectivity index (χ2v) is 7.28. The summed E-state index contributed by atoms with van der Waals surface area (Å²) >= 11 is 0. The molecule has 110 valence electrons. The number of allylic oxidation sites excluding steroid dienone is 1. The van der Waals surface area contributed by atoms with Gasteiger partial charge in [0.05, 0.1) is 6.10 Å². The highest BCUT2D eigenvalue weighted by Gasteiger charge is 2.71. The molecule has 0 aromatic rings. The third-order valence-electron chi connectivity index (χ3n) is 6.55. The fourth-order valence-electron chi connectivity index (χ4n) is 5.73. The van der Waals surface area contributed by atoms with Crippen molar-refractivity contribution in [1.29, 1.82) is 0 Å². The van der Waals surface area contributed by atoms with Gasteiger partial charge in [0.25, 0.3) is 0 Å². The van der Waals surface area contributed by atoms with E-state index in [1.165, 1.54) is 0 Å². The van der Waals surface area contributed by atoms with Gasteiger partial charge in [-0.05, 0) is 31.4 Å². The van der Waals surface area contributed by atoms with Crippen LogP contribution in [0.1, 0.15) is 39.0 Å². The molecule has 4 heteroatoms. The molecule has 2 heterocycles. The van der Waals surface area contributed by atoms with Crippen LogP contribution in [0, 0.1) is 23.2 Å². The number of hydrogen-bond donors (Lipinski definition) is 2. The van der Waals surface area contributed by atoms with E-state index in [1.54, 1.807) is 0 Å². The Morgan fingerprint density at radius 2 is 2.25 bits per heavy atom. The largest absolute Gasteiger partial charge is 0.393 e. The van der Waals surface area contributed by atoms with Crippen molar-refractivity contribution in [3.8, 4) is 0 Å². The molecule has 2 saturated carbocycles. The summed E-state index contributed by atoms with van der Waals surface area (Å²) in [6.07, 6.45) is 7.19. The standard InChI is InChI=1S/C16H23NO3/c1-10-9-16(20)15-5-3-7-17(16)6-2-4-11(15)13(18)8-12(15)14(10)19/h3,7,10-12,14,19-20H,2,4-6,8-9H2,1H3.